The van der Waals surface area contributed by atoms with Gasteiger partial charge in [-0.25, -0.2) is 0 Å². The van der Waals surface area contributed by atoms with Crippen molar-refractivity contribution in [2.45, 2.75) is 68.4 Å². The second-order valence-electron chi connectivity index (χ2n) is 6.66. The Morgan fingerprint density at radius 1 is 0.882 bits per heavy atom. The predicted octanol–water partition coefficient (Wildman–Crippen LogP) is 4.53. The van der Waals surface area contributed by atoms with Crippen LogP contribution in [0.5, 0.6) is 0 Å². The van der Waals surface area contributed by atoms with Gasteiger partial charge in [0.1, 0.15) is 0 Å². The van der Waals surface area contributed by atoms with E-state index in [9.17, 15) is 0 Å². The lowest BCUT2D eigenvalue weighted by atomic mass is 9.90. The molecule has 2 heteroatoms. The third kappa shape index (κ3) is 15.9. The monoisotopic (exact) mass is 246 g/mol. The molecule has 106 valence electrons. The van der Waals surface area contributed by atoms with Crippen molar-refractivity contribution in [1.82, 2.24) is 0 Å². The second-order valence-corrected chi connectivity index (χ2v) is 6.66. The summed E-state index contributed by atoms with van der Waals surface area (Å²) in [5, 5.41) is 0. The minimum atomic E-state index is 0.255. The first-order valence-corrected chi connectivity index (χ1v) is 6.74. The molecule has 0 aliphatic carbocycles. The molecule has 0 aromatic rings. The van der Waals surface area contributed by atoms with E-state index in [2.05, 4.69) is 48.5 Å². The van der Waals surface area contributed by atoms with Crippen molar-refractivity contribution in [3.8, 4) is 0 Å². The molecule has 0 aromatic carbocycles. The second kappa shape index (κ2) is 8.93. The quantitative estimate of drug-likeness (QED) is 0.725. The topological polar surface area (TPSA) is 18.5 Å². The molecule has 1 atom stereocenters. The van der Waals surface area contributed by atoms with E-state index < -0.39 is 0 Å². The van der Waals surface area contributed by atoms with E-state index in [1.807, 2.05) is 13.8 Å². The number of hydrogen-bond donors (Lipinski definition) is 0. The lowest BCUT2D eigenvalue weighted by Gasteiger charge is -2.30. The molecule has 0 heterocycles. The molecule has 0 saturated heterocycles. The van der Waals surface area contributed by atoms with Crippen molar-refractivity contribution in [2.24, 2.45) is 10.8 Å². The lowest BCUT2D eigenvalue weighted by molar-refractivity contribution is -0.0361. The maximum absolute atomic E-state index is 5.77. The minimum Gasteiger partial charge on any atom is -0.382 e. The smallest absolute Gasteiger partial charge is 0.0595 e. The summed E-state index contributed by atoms with van der Waals surface area (Å²) in [5.41, 5.74) is 0.533. The SMILES string of the molecule is CC(OCC(C)(C)C)C(C)(C)C.CCOCC. The zero-order valence-corrected chi connectivity index (χ0v) is 13.5. The van der Waals surface area contributed by atoms with Gasteiger partial charge in [0.2, 0.25) is 0 Å². The van der Waals surface area contributed by atoms with E-state index >= 15 is 0 Å². The van der Waals surface area contributed by atoms with Crippen molar-refractivity contribution in [1.29, 1.82) is 0 Å². The summed E-state index contributed by atoms with van der Waals surface area (Å²) < 4.78 is 10.6. The molecule has 17 heavy (non-hydrogen) atoms. The number of hydrogen-bond acceptors (Lipinski definition) is 2. The lowest BCUT2D eigenvalue weighted by Crippen LogP contribution is -2.29. The number of rotatable bonds is 4. The van der Waals surface area contributed by atoms with Crippen LogP contribution in [0.25, 0.3) is 0 Å². The molecule has 0 N–H and O–H groups in total. The van der Waals surface area contributed by atoms with Gasteiger partial charge in [-0.3, -0.25) is 0 Å². The first kappa shape index (κ1) is 19.3. The van der Waals surface area contributed by atoms with E-state index in [-0.39, 0.29) is 10.8 Å². The van der Waals surface area contributed by atoms with Gasteiger partial charge in [-0.15, -0.1) is 0 Å². The Hall–Kier alpha value is -0.0800. The highest BCUT2D eigenvalue weighted by molar-refractivity contribution is 4.71. The molecule has 0 saturated carbocycles. The Balaban J connectivity index is 0. The van der Waals surface area contributed by atoms with Gasteiger partial charge in [-0.05, 0) is 31.6 Å². The van der Waals surface area contributed by atoms with Crippen LogP contribution in [0.1, 0.15) is 62.3 Å². The van der Waals surface area contributed by atoms with Gasteiger partial charge in [0.05, 0.1) is 12.7 Å². The van der Waals surface area contributed by atoms with E-state index in [1.54, 1.807) is 0 Å². The molecule has 0 aliphatic rings. The average Bonchev–Trinajstić information content (AvgIpc) is 2.13. The van der Waals surface area contributed by atoms with Gasteiger partial charge in [0.25, 0.3) is 0 Å². The normalized spacial score (nSPS) is 13.9. The minimum absolute atomic E-state index is 0.255. The highest BCUT2D eigenvalue weighted by Crippen LogP contribution is 2.24. The molecule has 0 bridgehead atoms. The molecular formula is C15H34O2. The molecular weight excluding hydrogens is 212 g/mol. The molecule has 0 amide bonds. The van der Waals surface area contributed by atoms with Gasteiger partial charge in [0, 0.05) is 13.2 Å². The molecule has 0 aromatic heterocycles. The molecule has 0 spiro atoms. The third-order valence-electron chi connectivity index (χ3n) is 2.39. The third-order valence-corrected chi connectivity index (χ3v) is 2.39. The molecule has 0 rings (SSSR count). The van der Waals surface area contributed by atoms with Crippen LogP contribution in [-0.2, 0) is 9.47 Å². The highest BCUT2D eigenvalue weighted by Gasteiger charge is 2.22. The zero-order chi connectivity index (χ0) is 14.1. The van der Waals surface area contributed by atoms with E-state index in [4.69, 9.17) is 9.47 Å². The zero-order valence-electron chi connectivity index (χ0n) is 13.5. The Kier molecular flexibility index (Phi) is 10.1. The van der Waals surface area contributed by atoms with Crippen molar-refractivity contribution in [3.05, 3.63) is 0 Å². The van der Waals surface area contributed by atoms with Crippen molar-refractivity contribution < 1.29 is 9.47 Å². The molecule has 0 radical (unpaired) electrons. The molecule has 1 unspecified atom stereocenters. The van der Waals surface area contributed by atoms with E-state index in [0.717, 1.165) is 19.8 Å². The van der Waals surface area contributed by atoms with Crippen LogP contribution in [0, 0.1) is 10.8 Å². The maximum atomic E-state index is 5.77. The summed E-state index contributed by atoms with van der Waals surface area (Å²) in [4.78, 5) is 0. The fourth-order valence-corrected chi connectivity index (χ4v) is 0.829. The first-order valence-electron chi connectivity index (χ1n) is 6.74. The first-order chi connectivity index (χ1) is 7.54. The van der Waals surface area contributed by atoms with Crippen LogP contribution < -0.4 is 0 Å². The Bertz CT molecular complexity index is 161. The largest absolute Gasteiger partial charge is 0.382 e. The predicted molar refractivity (Wildman–Crippen MR) is 76.5 cm³/mol. The molecule has 2 nitrogen and oxygen atoms in total. The van der Waals surface area contributed by atoms with Gasteiger partial charge >= 0.3 is 0 Å². The van der Waals surface area contributed by atoms with Gasteiger partial charge in [-0.2, -0.15) is 0 Å². The van der Waals surface area contributed by atoms with Crippen molar-refractivity contribution >= 4 is 0 Å². The summed E-state index contributed by atoms with van der Waals surface area (Å²) in [7, 11) is 0. The summed E-state index contributed by atoms with van der Waals surface area (Å²) in [6, 6.07) is 0. The van der Waals surface area contributed by atoms with Gasteiger partial charge in [0.15, 0.2) is 0 Å². The Labute approximate surface area is 109 Å². The van der Waals surface area contributed by atoms with Crippen LogP contribution in [-0.4, -0.2) is 25.9 Å². The summed E-state index contributed by atoms with van der Waals surface area (Å²) in [6.07, 6.45) is 0.330. The van der Waals surface area contributed by atoms with Gasteiger partial charge in [-0.1, -0.05) is 41.5 Å². The van der Waals surface area contributed by atoms with E-state index in [1.165, 1.54) is 0 Å². The fourth-order valence-electron chi connectivity index (χ4n) is 0.829. The van der Waals surface area contributed by atoms with Crippen LogP contribution in [0.15, 0.2) is 0 Å². The maximum Gasteiger partial charge on any atom is 0.0595 e. The van der Waals surface area contributed by atoms with Crippen LogP contribution >= 0.6 is 0 Å². The fraction of sp³-hybridized carbons (Fsp3) is 1.00. The highest BCUT2D eigenvalue weighted by atomic mass is 16.5. The standard InChI is InChI=1S/C11H24O.C4H10O/c1-9(11(5,6)7)12-8-10(2,3)4;1-3-5-4-2/h9H,8H2,1-7H3;3-4H2,1-2H3. The Morgan fingerprint density at radius 3 is 1.47 bits per heavy atom. The average molecular weight is 246 g/mol. The van der Waals surface area contributed by atoms with Crippen LogP contribution in [0.3, 0.4) is 0 Å². The summed E-state index contributed by atoms with van der Waals surface area (Å²) in [5.74, 6) is 0. The molecule has 0 aliphatic heterocycles. The van der Waals surface area contributed by atoms with Crippen molar-refractivity contribution in [2.75, 3.05) is 19.8 Å². The number of ether oxygens (including phenoxy) is 2. The Morgan fingerprint density at radius 2 is 1.29 bits per heavy atom. The van der Waals surface area contributed by atoms with Crippen LogP contribution in [0.2, 0.25) is 0 Å². The summed E-state index contributed by atoms with van der Waals surface area (Å²) >= 11 is 0. The van der Waals surface area contributed by atoms with Crippen molar-refractivity contribution in [3.63, 3.8) is 0 Å². The van der Waals surface area contributed by atoms with Gasteiger partial charge < -0.3 is 9.47 Å². The van der Waals surface area contributed by atoms with E-state index in [0.29, 0.717) is 6.10 Å². The summed E-state index contributed by atoms with van der Waals surface area (Å²) in [6.45, 7) is 21.9. The molecule has 0 fully saturated rings. The van der Waals surface area contributed by atoms with Crippen LogP contribution in [0.4, 0.5) is 0 Å².